The second-order valence-corrected chi connectivity index (χ2v) is 7.19. The van der Waals surface area contributed by atoms with Gasteiger partial charge >= 0.3 is 6.09 Å². The smallest absolute Gasteiger partial charge is 0.410 e. The van der Waals surface area contributed by atoms with Gasteiger partial charge in [0.2, 0.25) is 0 Å². The third-order valence-corrected chi connectivity index (χ3v) is 3.94. The molecule has 116 valence electrons. The van der Waals surface area contributed by atoms with Crippen molar-refractivity contribution in [1.29, 1.82) is 0 Å². The molecule has 7 heteroatoms. The van der Waals surface area contributed by atoms with Gasteiger partial charge in [-0.1, -0.05) is 34.8 Å². The van der Waals surface area contributed by atoms with E-state index in [9.17, 15) is 4.79 Å². The molecule has 1 aromatic carbocycles. The van der Waals surface area contributed by atoms with Crippen LogP contribution >= 0.6 is 34.8 Å². The van der Waals surface area contributed by atoms with Crippen LogP contribution in [0.2, 0.25) is 15.1 Å². The summed E-state index contributed by atoms with van der Waals surface area (Å²) in [4.78, 5) is 13.4. The topological polar surface area (TPSA) is 41.6 Å². The number of benzene rings is 1. The maximum absolute atomic E-state index is 11.8. The fourth-order valence-corrected chi connectivity index (χ4v) is 2.50. The van der Waals surface area contributed by atoms with Gasteiger partial charge in [-0.3, -0.25) is 0 Å². The number of nitrogens with one attached hydrogen (secondary N) is 1. The van der Waals surface area contributed by atoms with E-state index < -0.39 is 5.60 Å². The van der Waals surface area contributed by atoms with Crippen LogP contribution < -0.4 is 5.32 Å². The number of likely N-dealkylation sites (tertiary alicyclic amines) is 1. The third-order valence-electron chi connectivity index (χ3n) is 2.90. The summed E-state index contributed by atoms with van der Waals surface area (Å²) < 4.78 is 5.29. The Morgan fingerprint density at radius 3 is 2.33 bits per heavy atom. The van der Waals surface area contributed by atoms with Gasteiger partial charge in [0.1, 0.15) is 5.60 Å². The average Bonchev–Trinajstić information content (AvgIpc) is 2.26. The summed E-state index contributed by atoms with van der Waals surface area (Å²) in [5.41, 5.74) is 0.225. The molecule has 0 atom stereocenters. The molecule has 0 aliphatic carbocycles. The number of rotatable bonds is 2. The van der Waals surface area contributed by atoms with Crippen molar-refractivity contribution < 1.29 is 9.53 Å². The van der Waals surface area contributed by atoms with Crippen molar-refractivity contribution in [3.05, 3.63) is 27.2 Å². The minimum Gasteiger partial charge on any atom is -0.444 e. The molecule has 0 spiro atoms. The lowest BCUT2D eigenvalue weighted by Gasteiger charge is -2.40. The van der Waals surface area contributed by atoms with Crippen molar-refractivity contribution in [2.24, 2.45) is 0 Å². The zero-order valence-corrected chi connectivity index (χ0v) is 14.3. The number of nitrogens with zero attached hydrogens (tertiary/aromatic N) is 1. The maximum atomic E-state index is 11.8. The van der Waals surface area contributed by atoms with Crippen molar-refractivity contribution in [3.63, 3.8) is 0 Å². The summed E-state index contributed by atoms with van der Waals surface area (Å²) in [6, 6.07) is 3.40. The Labute approximate surface area is 139 Å². The number of amides is 1. The van der Waals surface area contributed by atoms with Crippen LogP contribution in [0.25, 0.3) is 0 Å². The molecule has 21 heavy (non-hydrogen) atoms. The summed E-state index contributed by atoms with van der Waals surface area (Å²) >= 11 is 18.0. The molecule has 1 amide bonds. The molecule has 0 saturated carbocycles. The molecule has 2 rings (SSSR count). The van der Waals surface area contributed by atoms with Crippen molar-refractivity contribution >= 4 is 46.6 Å². The molecule has 0 bridgehead atoms. The van der Waals surface area contributed by atoms with Crippen molar-refractivity contribution in [2.75, 3.05) is 18.4 Å². The van der Waals surface area contributed by atoms with Crippen LogP contribution in [0.15, 0.2) is 12.1 Å². The standard InChI is InChI=1S/C14H17Cl3N2O2/c1-14(2,3)21-13(20)19-6-8(7-19)18-12-5-10(16)9(15)4-11(12)17/h4-5,8,18H,6-7H2,1-3H3. The highest BCUT2D eigenvalue weighted by atomic mass is 35.5. The predicted octanol–water partition coefficient (Wildman–Crippen LogP) is 4.68. The number of halogens is 3. The summed E-state index contributed by atoms with van der Waals surface area (Å²) in [5.74, 6) is 0. The fraction of sp³-hybridized carbons (Fsp3) is 0.500. The van der Waals surface area contributed by atoms with E-state index in [-0.39, 0.29) is 12.1 Å². The van der Waals surface area contributed by atoms with E-state index in [4.69, 9.17) is 39.5 Å². The van der Waals surface area contributed by atoms with E-state index in [1.165, 1.54) is 0 Å². The average molecular weight is 352 g/mol. The van der Waals surface area contributed by atoms with Gasteiger partial charge in [0, 0.05) is 13.1 Å². The molecule has 1 aliphatic rings. The summed E-state index contributed by atoms with van der Waals surface area (Å²) in [7, 11) is 0. The van der Waals surface area contributed by atoms with E-state index in [1.807, 2.05) is 20.8 Å². The van der Waals surface area contributed by atoms with E-state index >= 15 is 0 Å². The first-order valence-electron chi connectivity index (χ1n) is 6.55. The summed E-state index contributed by atoms with van der Waals surface area (Å²) in [5, 5.41) is 4.59. The van der Waals surface area contributed by atoms with Gasteiger partial charge in [0.25, 0.3) is 0 Å². The van der Waals surface area contributed by atoms with Crippen molar-refractivity contribution in [1.82, 2.24) is 4.90 Å². The number of hydrogen-bond donors (Lipinski definition) is 1. The lowest BCUT2D eigenvalue weighted by molar-refractivity contribution is 0.0105. The Balaban J connectivity index is 1.89. The second-order valence-electron chi connectivity index (χ2n) is 5.97. The molecule has 1 aromatic rings. The summed E-state index contributed by atoms with van der Waals surface area (Å²) in [6.07, 6.45) is -0.305. The Hall–Kier alpha value is -0.840. The number of hydrogen-bond acceptors (Lipinski definition) is 3. The van der Waals surface area contributed by atoms with Gasteiger partial charge in [-0.05, 0) is 32.9 Å². The Kier molecular flexibility index (Phi) is 4.81. The first-order chi connectivity index (χ1) is 9.65. The highest BCUT2D eigenvalue weighted by Gasteiger charge is 2.33. The minimum absolute atomic E-state index is 0.118. The van der Waals surface area contributed by atoms with Gasteiger partial charge in [-0.2, -0.15) is 0 Å². The molecule has 1 saturated heterocycles. The normalized spacial score (nSPS) is 15.6. The second kappa shape index (κ2) is 6.11. The molecule has 4 nitrogen and oxygen atoms in total. The lowest BCUT2D eigenvalue weighted by Crippen LogP contribution is -2.57. The predicted molar refractivity (Wildman–Crippen MR) is 86.7 cm³/mol. The van der Waals surface area contributed by atoms with E-state index in [0.717, 1.165) is 0 Å². The summed E-state index contributed by atoms with van der Waals surface area (Å²) in [6.45, 7) is 6.65. The quantitative estimate of drug-likeness (QED) is 0.787. The highest BCUT2D eigenvalue weighted by Crippen LogP contribution is 2.33. The van der Waals surface area contributed by atoms with Crippen molar-refractivity contribution in [3.8, 4) is 0 Å². The Bertz CT molecular complexity index is 552. The largest absolute Gasteiger partial charge is 0.444 e. The first-order valence-corrected chi connectivity index (χ1v) is 7.68. The fourth-order valence-electron chi connectivity index (χ4n) is 1.90. The maximum Gasteiger partial charge on any atom is 0.410 e. The molecule has 1 fully saturated rings. The molecule has 1 heterocycles. The van der Waals surface area contributed by atoms with Crippen LogP contribution in [-0.4, -0.2) is 35.7 Å². The van der Waals surface area contributed by atoms with Gasteiger partial charge in [-0.25, -0.2) is 4.79 Å². The van der Waals surface area contributed by atoms with E-state index in [1.54, 1.807) is 17.0 Å². The Morgan fingerprint density at radius 2 is 1.76 bits per heavy atom. The van der Waals surface area contributed by atoms with Gasteiger partial charge in [-0.15, -0.1) is 0 Å². The Morgan fingerprint density at radius 1 is 1.19 bits per heavy atom. The molecular formula is C14H17Cl3N2O2. The van der Waals surface area contributed by atoms with Crippen molar-refractivity contribution in [2.45, 2.75) is 32.4 Å². The molecule has 1 aliphatic heterocycles. The minimum atomic E-state index is -0.484. The van der Waals surface area contributed by atoms with E-state index in [0.29, 0.717) is 33.8 Å². The number of carbonyl (C=O) groups is 1. The SMILES string of the molecule is CC(C)(C)OC(=O)N1CC(Nc2cc(Cl)c(Cl)cc2Cl)C1. The first kappa shape index (κ1) is 16.5. The highest BCUT2D eigenvalue weighted by molar-refractivity contribution is 6.44. The molecule has 1 N–H and O–H groups in total. The van der Waals surface area contributed by atoms with Crippen LogP contribution in [0.3, 0.4) is 0 Å². The van der Waals surface area contributed by atoms with Gasteiger partial charge in [0.05, 0.1) is 26.8 Å². The van der Waals surface area contributed by atoms with Crippen LogP contribution in [0.4, 0.5) is 10.5 Å². The third kappa shape index (κ3) is 4.31. The monoisotopic (exact) mass is 350 g/mol. The van der Waals surface area contributed by atoms with Crippen LogP contribution in [-0.2, 0) is 4.74 Å². The molecule has 0 unspecified atom stereocenters. The van der Waals surface area contributed by atoms with Crippen LogP contribution in [0.1, 0.15) is 20.8 Å². The number of anilines is 1. The van der Waals surface area contributed by atoms with Crippen LogP contribution in [0.5, 0.6) is 0 Å². The van der Waals surface area contributed by atoms with Crippen LogP contribution in [0, 0.1) is 0 Å². The lowest BCUT2D eigenvalue weighted by atomic mass is 10.1. The van der Waals surface area contributed by atoms with E-state index in [2.05, 4.69) is 5.32 Å². The zero-order chi connectivity index (χ0) is 15.8. The van der Waals surface area contributed by atoms with Gasteiger partial charge in [0.15, 0.2) is 0 Å². The number of carbonyl (C=O) groups excluding carboxylic acids is 1. The molecule has 0 aromatic heterocycles. The number of ether oxygens (including phenoxy) is 1. The molecular weight excluding hydrogens is 335 g/mol. The van der Waals surface area contributed by atoms with Gasteiger partial charge < -0.3 is 15.0 Å². The zero-order valence-electron chi connectivity index (χ0n) is 12.0. The molecule has 0 radical (unpaired) electrons.